The minimum absolute atomic E-state index is 0.0201. The highest BCUT2D eigenvalue weighted by atomic mass is 16.2. The van der Waals surface area contributed by atoms with E-state index in [0.717, 1.165) is 18.8 Å². The lowest BCUT2D eigenvalue weighted by molar-refractivity contribution is 0.208. The van der Waals surface area contributed by atoms with Gasteiger partial charge >= 0.3 is 6.03 Å². The highest BCUT2D eigenvalue weighted by Gasteiger charge is 2.09. The molecule has 0 saturated heterocycles. The zero-order chi connectivity index (χ0) is 15.0. The Labute approximate surface area is 122 Å². The molecular weight excluding hydrogens is 252 g/mol. The summed E-state index contributed by atoms with van der Waals surface area (Å²) in [6, 6.07) is 10.1. The van der Waals surface area contributed by atoms with Gasteiger partial charge in [-0.2, -0.15) is 0 Å². The van der Waals surface area contributed by atoms with Crippen LogP contribution in [0.5, 0.6) is 0 Å². The van der Waals surface area contributed by atoms with E-state index in [9.17, 15) is 4.79 Å². The number of carbonyl (C=O) groups is 1. The van der Waals surface area contributed by atoms with E-state index in [1.165, 1.54) is 0 Å². The summed E-state index contributed by atoms with van der Waals surface area (Å²) in [6.45, 7) is 3.02. The van der Waals surface area contributed by atoms with E-state index in [1.54, 1.807) is 4.90 Å². The smallest absolute Gasteiger partial charge is 0.317 e. The molecule has 1 N–H and O–H groups in total. The van der Waals surface area contributed by atoms with Crippen molar-refractivity contribution in [3.63, 3.8) is 0 Å². The number of rotatable bonds is 7. The van der Waals surface area contributed by atoms with Gasteiger partial charge < -0.3 is 20.0 Å². The van der Waals surface area contributed by atoms with E-state index < -0.39 is 0 Å². The number of nitrogens with zero attached hydrogens (tertiary/aromatic N) is 3. The van der Waals surface area contributed by atoms with Crippen molar-refractivity contribution in [3.05, 3.63) is 30.3 Å². The second kappa shape index (κ2) is 8.43. The summed E-state index contributed by atoms with van der Waals surface area (Å²) < 4.78 is 0. The molecule has 1 rings (SSSR count). The number of anilines is 1. The van der Waals surface area contributed by atoms with Crippen molar-refractivity contribution in [2.24, 2.45) is 0 Å². The van der Waals surface area contributed by atoms with Crippen LogP contribution in [0.1, 0.15) is 0 Å². The molecule has 1 aromatic carbocycles. The molecule has 2 amide bonds. The maximum atomic E-state index is 11.9. The molecule has 0 aliphatic carbocycles. The molecule has 0 aliphatic heterocycles. The average Bonchev–Trinajstić information content (AvgIpc) is 2.44. The largest absolute Gasteiger partial charge is 0.373 e. The van der Waals surface area contributed by atoms with Crippen LogP contribution >= 0.6 is 0 Å². The van der Waals surface area contributed by atoms with Crippen LogP contribution in [-0.4, -0.2) is 70.2 Å². The number of benzene rings is 1. The second-order valence-corrected chi connectivity index (χ2v) is 5.21. The van der Waals surface area contributed by atoms with Crippen molar-refractivity contribution in [2.45, 2.75) is 0 Å². The lowest BCUT2D eigenvalue weighted by Crippen LogP contribution is -2.43. The van der Waals surface area contributed by atoms with E-state index in [0.29, 0.717) is 13.1 Å². The normalized spacial score (nSPS) is 10.4. The van der Waals surface area contributed by atoms with Crippen LogP contribution in [-0.2, 0) is 0 Å². The van der Waals surface area contributed by atoms with Crippen LogP contribution in [0.4, 0.5) is 10.5 Å². The third kappa shape index (κ3) is 5.93. The van der Waals surface area contributed by atoms with Crippen molar-refractivity contribution in [1.82, 2.24) is 15.1 Å². The zero-order valence-electron chi connectivity index (χ0n) is 13.0. The summed E-state index contributed by atoms with van der Waals surface area (Å²) in [4.78, 5) is 17.8. The van der Waals surface area contributed by atoms with Crippen LogP contribution < -0.4 is 10.2 Å². The quantitative estimate of drug-likeness (QED) is 0.818. The molecule has 112 valence electrons. The Balaban J connectivity index is 2.28. The maximum Gasteiger partial charge on any atom is 0.317 e. The van der Waals surface area contributed by atoms with Gasteiger partial charge in [0.2, 0.25) is 0 Å². The number of nitrogens with one attached hydrogen (secondary N) is 1. The minimum atomic E-state index is -0.0201. The summed E-state index contributed by atoms with van der Waals surface area (Å²) in [7, 11) is 7.84. The lowest BCUT2D eigenvalue weighted by Gasteiger charge is -2.24. The van der Waals surface area contributed by atoms with Gasteiger partial charge in [0.05, 0.1) is 0 Å². The van der Waals surface area contributed by atoms with Gasteiger partial charge in [-0.25, -0.2) is 4.79 Å². The first-order valence-corrected chi connectivity index (χ1v) is 6.90. The molecule has 5 nitrogen and oxygen atoms in total. The molecule has 0 unspecified atom stereocenters. The average molecular weight is 278 g/mol. The second-order valence-electron chi connectivity index (χ2n) is 5.21. The van der Waals surface area contributed by atoms with Crippen molar-refractivity contribution < 1.29 is 4.79 Å². The molecule has 0 radical (unpaired) electrons. The first-order chi connectivity index (χ1) is 9.50. The molecule has 0 heterocycles. The summed E-state index contributed by atoms with van der Waals surface area (Å²) in [5, 5.41) is 2.90. The van der Waals surface area contributed by atoms with Crippen LogP contribution in [0.2, 0.25) is 0 Å². The van der Waals surface area contributed by atoms with Gasteiger partial charge in [-0.1, -0.05) is 18.2 Å². The molecule has 0 fully saturated rings. The fourth-order valence-corrected chi connectivity index (χ4v) is 1.73. The lowest BCUT2D eigenvalue weighted by atomic mass is 10.3. The fraction of sp³-hybridized carbons (Fsp3) is 0.533. The van der Waals surface area contributed by atoms with Crippen molar-refractivity contribution >= 4 is 11.7 Å². The Hall–Kier alpha value is -1.75. The van der Waals surface area contributed by atoms with Gasteiger partial charge in [0.15, 0.2) is 0 Å². The fourth-order valence-electron chi connectivity index (χ4n) is 1.73. The summed E-state index contributed by atoms with van der Waals surface area (Å²) >= 11 is 0. The molecule has 0 bridgehead atoms. The summed E-state index contributed by atoms with van der Waals surface area (Å²) in [6.07, 6.45) is 0. The molecule has 0 atom stereocenters. The number of likely N-dealkylation sites (N-methyl/N-ethyl adjacent to an activating group) is 3. The number of urea groups is 1. The van der Waals surface area contributed by atoms with Crippen molar-refractivity contribution in [2.75, 3.05) is 59.3 Å². The Morgan fingerprint density at radius 2 is 1.65 bits per heavy atom. The summed E-state index contributed by atoms with van der Waals surface area (Å²) in [5.74, 6) is 0. The van der Waals surface area contributed by atoms with Crippen LogP contribution in [0.25, 0.3) is 0 Å². The molecular formula is C15H26N4O. The SMILES string of the molecule is CN(C)CCNC(=O)N(C)CCN(C)c1ccccc1. The van der Waals surface area contributed by atoms with Gasteiger partial charge in [0, 0.05) is 46.0 Å². The monoisotopic (exact) mass is 278 g/mol. The van der Waals surface area contributed by atoms with Gasteiger partial charge in [-0.15, -0.1) is 0 Å². The molecule has 20 heavy (non-hydrogen) atoms. The highest BCUT2D eigenvalue weighted by Crippen LogP contribution is 2.10. The topological polar surface area (TPSA) is 38.8 Å². The molecule has 5 heteroatoms. The third-order valence-electron chi connectivity index (χ3n) is 3.15. The van der Waals surface area contributed by atoms with Crippen LogP contribution in [0, 0.1) is 0 Å². The third-order valence-corrected chi connectivity index (χ3v) is 3.15. The Morgan fingerprint density at radius 3 is 2.25 bits per heavy atom. The molecule has 1 aromatic rings. The van der Waals surface area contributed by atoms with E-state index in [-0.39, 0.29) is 6.03 Å². The first-order valence-electron chi connectivity index (χ1n) is 6.90. The Kier molecular flexibility index (Phi) is 6.87. The highest BCUT2D eigenvalue weighted by molar-refractivity contribution is 5.73. The Morgan fingerprint density at radius 1 is 1.00 bits per heavy atom. The minimum Gasteiger partial charge on any atom is -0.373 e. The van der Waals surface area contributed by atoms with E-state index >= 15 is 0 Å². The predicted molar refractivity (Wildman–Crippen MR) is 84.3 cm³/mol. The zero-order valence-corrected chi connectivity index (χ0v) is 13.0. The van der Waals surface area contributed by atoms with E-state index in [4.69, 9.17) is 0 Å². The number of amides is 2. The predicted octanol–water partition coefficient (Wildman–Crippen LogP) is 1.33. The standard InChI is InChI=1S/C15H26N4O/c1-17(2)11-10-16-15(20)19(4)13-12-18(3)14-8-6-5-7-9-14/h5-9H,10-13H2,1-4H3,(H,16,20). The van der Waals surface area contributed by atoms with E-state index in [2.05, 4.69) is 22.3 Å². The van der Waals surface area contributed by atoms with Crippen molar-refractivity contribution in [3.8, 4) is 0 Å². The molecule has 0 aliphatic rings. The Bertz CT molecular complexity index is 394. The van der Waals surface area contributed by atoms with Gasteiger partial charge in [-0.3, -0.25) is 0 Å². The van der Waals surface area contributed by atoms with Gasteiger partial charge in [0.1, 0.15) is 0 Å². The number of carbonyl (C=O) groups excluding carboxylic acids is 1. The van der Waals surface area contributed by atoms with Crippen molar-refractivity contribution in [1.29, 1.82) is 0 Å². The number of para-hydroxylation sites is 1. The van der Waals surface area contributed by atoms with Crippen LogP contribution in [0.3, 0.4) is 0 Å². The van der Waals surface area contributed by atoms with Crippen LogP contribution in [0.15, 0.2) is 30.3 Å². The number of hydrogen-bond acceptors (Lipinski definition) is 3. The maximum absolute atomic E-state index is 11.9. The summed E-state index contributed by atoms with van der Waals surface area (Å²) in [5.41, 5.74) is 1.16. The van der Waals surface area contributed by atoms with Gasteiger partial charge in [-0.05, 0) is 26.2 Å². The molecule has 0 spiro atoms. The number of hydrogen-bond donors (Lipinski definition) is 1. The molecule has 0 aromatic heterocycles. The van der Waals surface area contributed by atoms with Gasteiger partial charge in [0.25, 0.3) is 0 Å². The first kappa shape index (κ1) is 16.3. The molecule has 0 saturated carbocycles. The van der Waals surface area contributed by atoms with E-state index in [1.807, 2.05) is 51.3 Å².